The Morgan fingerprint density at radius 3 is 2.39 bits per heavy atom. The molecule has 2 aromatic carbocycles. The largest absolute Gasteiger partial charge is 0.322 e. The van der Waals surface area contributed by atoms with Crippen molar-refractivity contribution in [3.05, 3.63) is 58.1 Å². The Labute approximate surface area is 140 Å². The van der Waals surface area contributed by atoms with Crippen molar-refractivity contribution in [3.8, 4) is 0 Å². The third-order valence-corrected chi connectivity index (χ3v) is 4.30. The van der Waals surface area contributed by atoms with E-state index in [9.17, 15) is 13.2 Å². The predicted octanol–water partition coefficient (Wildman–Crippen LogP) is 3.58. The summed E-state index contributed by atoms with van der Waals surface area (Å²) in [7, 11) is -3.36. The van der Waals surface area contributed by atoms with Crippen LogP contribution in [0.5, 0.6) is 0 Å². The zero-order valence-electron chi connectivity index (χ0n) is 13.0. The van der Waals surface area contributed by atoms with Crippen LogP contribution in [0.15, 0.2) is 36.4 Å². The van der Waals surface area contributed by atoms with Gasteiger partial charge in [-0.05, 0) is 55.3 Å². The van der Waals surface area contributed by atoms with Crippen molar-refractivity contribution < 1.29 is 13.2 Å². The summed E-state index contributed by atoms with van der Waals surface area (Å²) in [5.41, 5.74) is 2.96. The standard InChI is InChI=1S/C16H17ClN2O3S/c1-10-9-12(7-8-14(10)19-23(3,21)22)16(20)18-15-6-4-5-13(17)11(15)2/h4-9,19H,1-3H3,(H,18,20). The summed E-state index contributed by atoms with van der Waals surface area (Å²) < 4.78 is 25.0. The first-order valence-electron chi connectivity index (χ1n) is 6.82. The Morgan fingerprint density at radius 1 is 1.09 bits per heavy atom. The lowest BCUT2D eigenvalue weighted by Crippen LogP contribution is -2.14. The molecule has 0 unspecified atom stereocenters. The zero-order valence-corrected chi connectivity index (χ0v) is 14.5. The molecule has 1 amide bonds. The molecule has 0 saturated carbocycles. The number of aryl methyl sites for hydroxylation is 1. The van der Waals surface area contributed by atoms with Crippen LogP contribution in [0.2, 0.25) is 5.02 Å². The Balaban J connectivity index is 2.23. The van der Waals surface area contributed by atoms with Gasteiger partial charge in [0.2, 0.25) is 10.0 Å². The van der Waals surface area contributed by atoms with E-state index in [1.54, 1.807) is 43.3 Å². The highest BCUT2D eigenvalue weighted by atomic mass is 35.5. The maximum absolute atomic E-state index is 12.3. The number of benzene rings is 2. The van der Waals surface area contributed by atoms with Crippen LogP contribution in [0.25, 0.3) is 0 Å². The van der Waals surface area contributed by atoms with E-state index in [2.05, 4.69) is 10.0 Å². The van der Waals surface area contributed by atoms with Crippen molar-refractivity contribution in [1.29, 1.82) is 0 Å². The summed E-state index contributed by atoms with van der Waals surface area (Å²) in [4.78, 5) is 12.3. The number of sulfonamides is 1. The molecule has 2 N–H and O–H groups in total. The molecular formula is C16H17ClN2O3S. The third-order valence-electron chi connectivity index (χ3n) is 3.30. The molecule has 0 atom stereocenters. The minimum Gasteiger partial charge on any atom is -0.322 e. The van der Waals surface area contributed by atoms with E-state index >= 15 is 0 Å². The van der Waals surface area contributed by atoms with Gasteiger partial charge in [0.15, 0.2) is 0 Å². The summed E-state index contributed by atoms with van der Waals surface area (Å²) in [6.07, 6.45) is 1.08. The van der Waals surface area contributed by atoms with Gasteiger partial charge in [-0.2, -0.15) is 0 Å². The number of carbonyl (C=O) groups excluding carboxylic acids is 1. The van der Waals surface area contributed by atoms with Crippen molar-refractivity contribution in [2.75, 3.05) is 16.3 Å². The summed E-state index contributed by atoms with van der Waals surface area (Å²) in [5, 5.41) is 3.38. The quantitative estimate of drug-likeness (QED) is 0.883. The maximum atomic E-state index is 12.3. The van der Waals surface area contributed by atoms with E-state index in [4.69, 9.17) is 11.6 Å². The number of anilines is 2. The molecule has 2 aromatic rings. The van der Waals surface area contributed by atoms with E-state index in [-0.39, 0.29) is 5.91 Å². The molecular weight excluding hydrogens is 336 g/mol. The van der Waals surface area contributed by atoms with Crippen molar-refractivity contribution >= 4 is 38.9 Å². The van der Waals surface area contributed by atoms with E-state index in [1.807, 2.05) is 6.92 Å². The normalized spacial score (nSPS) is 11.1. The first kappa shape index (κ1) is 17.3. The van der Waals surface area contributed by atoms with Gasteiger partial charge in [0.25, 0.3) is 5.91 Å². The van der Waals surface area contributed by atoms with Crippen molar-refractivity contribution in [1.82, 2.24) is 0 Å². The van der Waals surface area contributed by atoms with Gasteiger partial charge in [0.1, 0.15) is 0 Å². The van der Waals surface area contributed by atoms with Gasteiger partial charge in [-0.1, -0.05) is 17.7 Å². The van der Waals surface area contributed by atoms with Crippen LogP contribution in [0.1, 0.15) is 21.5 Å². The Hall–Kier alpha value is -2.05. The van der Waals surface area contributed by atoms with Crippen LogP contribution < -0.4 is 10.0 Å². The smallest absolute Gasteiger partial charge is 0.255 e. The lowest BCUT2D eigenvalue weighted by Gasteiger charge is -2.12. The van der Waals surface area contributed by atoms with Gasteiger partial charge in [0, 0.05) is 16.3 Å². The fourth-order valence-electron chi connectivity index (χ4n) is 2.06. The molecule has 23 heavy (non-hydrogen) atoms. The predicted molar refractivity (Wildman–Crippen MR) is 93.8 cm³/mol. The lowest BCUT2D eigenvalue weighted by molar-refractivity contribution is 0.102. The zero-order chi connectivity index (χ0) is 17.2. The number of carbonyl (C=O) groups is 1. The Morgan fingerprint density at radius 2 is 1.78 bits per heavy atom. The lowest BCUT2D eigenvalue weighted by atomic mass is 10.1. The molecule has 5 nitrogen and oxygen atoms in total. The molecule has 122 valence electrons. The average Bonchev–Trinajstić information content (AvgIpc) is 2.44. The van der Waals surface area contributed by atoms with Gasteiger partial charge in [-0.15, -0.1) is 0 Å². The number of rotatable bonds is 4. The molecule has 0 aliphatic rings. The number of halogens is 1. The van der Waals surface area contributed by atoms with E-state index in [1.165, 1.54) is 0 Å². The highest BCUT2D eigenvalue weighted by Crippen LogP contribution is 2.24. The molecule has 0 bridgehead atoms. The molecule has 0 heterocycles. The summed E-state index contributed by atoms with van der Waals surface area (Å²) in [5.74, 6) is -0.288. The summed E-state index contributed by atoms with van der Waals surface area (Å²) >= 11 is 6.03. The van der Waals surface area contributed by atoms with Crippen LogP contribution in [0, 0.1) is 13.8 Å². The third kappa shape index (κ3) is 4.46. The molecule has 2 rings (SSSR count). The topological polar surface area (TPSA) is 75.3 Å². The second-order valence-electron chi connectivity index (χ2n) is 5.27. The molecule has 0 saturated heterocycles. The van der Waals surface area contributed by atoms with Crippen LogP contribution in [-0.2, 0) is 10.0 Å². The summed E-state index contributed by atoms with van der Waals surface area (Å²) in [6, 6.07) is 10.0. The van der Waals surface area contributed by atoms with Crippen LogP contribution in [0.4, 0.5) is 11.4 Å². The minimum atomic E-state index is -3.36. The molecule has 7 heteroatoms. The Kier molecular flexibility index (Phi) is 4.97. The molecule has 0 aromatic heterocycles. The molecule has 0 fully saturated rings. The van der Waals surface area contributed by atoms with Gasteiger partial charge < -0.3 is 5.32 Å². The number of nitrogens with one attached hydrogen (secondary N) is 2. The molecule has 0 spiro atoms. The highest BCUT2D eigenvalue weighted by molar-refractivity contribution is 7.92. The van der Waals surface area contributed by atoms with Crippen molar-refractivity contribution in [2.45, 2.75) is 13.8 Å². The van der Waals surface area contributed by atoms with Crippen molar-refractivity contribution in [3.63, 3.8) is 0 Å². The van der Waals surface area contributed by atoms with Gasteiger partial charge in [0.05, 0.1) is 11.9 Å². The summed E-state index contributed by atoms with van der Waals surface area (Å²) in [6.45, 7) is 3.55. The van der Waals surface area contributed by atoms with Gasteiger partial charge in [-0.25, -0.2) is 8.42 Å². The highest BCUT2D eigenvalue weighted by Gasteiger charge is 2.12. The first-order valence-corrected chi connectivity index (χ1v) is 9.09. The van der Waals surface area contributed by atoms with Crippen LogP contribution in [-0.4, -0.2) is 20.6 Å². The fraction of sp³-hybridized carbons (Fsp3) is 0.188. The van der Waals surface area contributed by atoms with Crippen LogP contribution >= 0.6 is 11.6 Å². The van der Waals surface area contributed by atoms with E-state index < -0.39 is 10.0 Å². The number of amides is 1. The average molecular weight is 353 g/mol. The SMILES string of the molecule is Cc1cc(C(=O)Nc2cccc(Cl)c2C)ccc1NS(C)(=O)=O. The number of hydrogen-bond donors (Lipinski definition) is 2. The first-order chi connectivity index (χ1) is 10.7. The molecule has 0 aliphatic carbocycles. The molecule has 0 aliphatic heterocycles. The second-order valence-corrected chi connectivity index (χ2v) is 7.43. The van der Waals surface area contributed by atoms with E-state index in [0.717, 1.165) is 11.8 Å². The monoisotopic (exact) mass is 352 g/mol. The fourth-order valence-corrected chi connectivity index (χ4v) is 2.86. The van der Waals surface area contributed by atoms with Crippen molar-refractivity contribution in [2.24, 2.45) is 0 Å². The molecule has 0 radical (unpaired) electrons. The van der Waals surface area contributed by atoms with Crippen LogP contribution in [0.3, 0.4) is 0 Å². The second kappa shape index (κ2) is 6.60. The Bertz CT molecular complexity index is 864. The van der Waals surface area contributed by atoms with E-state index in [0.29, 0.717) is 27.5 Å². The number of hydrogen-bond acceptors (Lipinski definition) is 3. The minimum absolute atomic E-state index is 0.288. The maximum Gasteiger partial charge on any atom is 0.255 e. The van der Waals surface area contributed by atoms with Gasteiger partial charge in [-0.3, -0.25) is 9.52 Å². The van der Waals surface area contributed by atoms with Gasteiger partial charge >= 0.3 is 0 Å².